The van der Waals surface area contributed by atoms with Crippen LogP contribution >= 0.6 is 0 Å². The Bertz CT molecular complexity index is 838. The monoisotopic (exact) mass is 358 g/mol. The molecule has 1 saturated heterocycles. The quantitative estimate of drug-likeness (QED) is 0.915. The Morgan fingerprint density at radius 2 is 1.92 bits per heavy atom. The predicted molar refractivity (Wildman–Crippen MR) is 95.6 cm³/mol. The average Bonchev–Trinajstić information content (AvgIpc) is 3.21. The number of hydrogen-bond donors (Lipinski definition) is 1. The van der Waals surface area contributed by atoms with Gasteiger partial charge in [-0.2, -0.15) is 0 Å². The number of nitrogens with zero attached hydrogens (tertiary/aromatic N) is 2. The Labute approximate surface area is 152 Å². The van der Waals surface area contributed by atoms with Gasteiger partial charge in [0.25, 0.3) is 5.91 Å². The Morgan fingerprint density at radius 3 is 2.50 bits per heavy atom. The molecule has 1 aromatic heterocycles. The van der Waals surface area contributed by atoms with E-state index in [-0.39, 0.29) is 24.5 Å². The molecule has 2 atom stereocenters. The molecule has 26 heavy (non-hydrogen) atoms. The standard InChI is InChI=1S/C20H23FN2O3/c1-20(2,3)23-8-7-14(10-23)18(24)22-11-16(17(12-22)19(25)26)13-5-4-6-15(21)9-13/h4-10,16-17H,11-12H2,1-3H3,(H,25,26)/t16-,17+/m0/s1. The van der Waals surface area contributed by atoms with Gasteiger partial charge in [-0.3, -0.25) is 9.59 Å². The smallest absolute Gasteiger partial charge is 0.308 e. The van der Waals surface area contributed by atoms with Gasteiger partial charge in [-0.05, 0) is 44.5 Å². The largest absolute Gasteiger partial charge is 0.481 e. The van der Waals surface area contributed by atoms with Crippen LogP contribution in [0.2, 0.25) is 0 Å². The second-order valence-electron chi connectivity index (χ2n) is 7.79. The molecular weight excluding hydrogens is 335 g/mol. The summed E-state index contributed by atoms with van der Waals surface area (Å²) in [6.07, 6.45) is 3.63. The molecule has 0 aliphatic carbocycles. The molecule has 1 aliphatic rings. The summed E-state index contributed by atoms with van der Waals surface area (Å²) in [7, 11) is 0. The number of aliphatic carboxylic acids is 1. The van der Waals surface area contributed by atoms with Crippen LogP contribution in [0.4, 0.5) is 4.39 Å². The maximum Gasteiger partial charge on any atom is 0.308 e. The van der Waals surface area contributed by atoms with Crippen molar-refractivity contribution >= 4 is 11.9 Å². The highest BCUT2D eigenvalue weighted by atomic mass is 19.1. The second kappa shape index (κ2) is 6.59. The number of carboxylic acids is 1. The molecule has 0 radical (unpaired) electrons. The van der Waals surface area contributed by atoms with E-state index in [1.54, 1.807) is 29.3 Å². The number of halogens is 1. The first-order chi connectivity index (χ1) is 12.2. The minimum atomic E-state index is -0.971. The number of hydrogen-bond acceptors (Lipinski definition) is 2. The number of aromatic nitrogens is 1. The lowest BCUT2D eigenvalue weighted by Crippen LogP contribution is -2.30. The van der Waals surface area contributed by atoms with E-state index in [0.717, 1.165) is 0 Å². The zero-order valence-electron chi connectivity index (χ0n) is 15.1. The number of likely N-dealkylation sites (tertiary alicyclic amines) is 1. The van der Waals surface area contributed by atoms with Crippen molar-refractivity contribution in [1.82, 2.24) is 9.47 Å². The maximum atomic E-state index is 13.6. The molecule has 0 unspecified atom stereocenters. The third kappa shape index (κ3) is 3.49. The van der Waals surface area contributed by atoms with Crippen molar-refractivity contribution in [2.45, 2.75) is 32.2 Å². The predicted octanol–water partition coefficient (Wildman–Crippen LogP) is 3.32. The first-order valence-electron chi connectivity index (χ1n) is 8.63. The fourth-order valence-corrected chi connectivity index (χ4v) is 3.42. The van der Waals surface area contributed by atoms with Crippen molar-refractivity contribution in [1.29, 1.82) is 0 Å². The number of carbonyl (C=O) groups is 2. The molecule has 1 amide bonds. The van der Waals surface area contributed by atoms with Crippen LogP contribution < -0.4 is 0 Å². The van der Waals surface area contributed by atoms with Gasteiger partial charge >= 0.3 is 5.97 Å². The van der Waals surface area contributed by atoms with Gasteiger partial charge in [0.1, 0.15) is 5.82 Å². The molecule has 0 saturated carbocycles. The SMILES string of the molecule is CC(C)(C)n1ccc(C(=O)N2C[C@@H](C(=O)O)[C@H](c3cccc(F)c3)C2)c1. The molecule has 2 aromatic rings. The third-order valence-electron chi connectivity index (χ3n) is 4.92. The first kappa shape index (κ1) is 18.2. The van der Waals surface area contributed by atoms with E-state index < -0.39 is 23.6 Å². The second-order valence-corrected chi connectivity index (χ2v) is 7.79. The first-order valence-corrected chi connectivity index (χ1v) is 8.63. The molecule has 5 nitrogen and oxygen atoms in total. The van der Waals surface area contributed by atoms with Crippen molar-refractivity contribution in [3.8, 4) is 0 Å². The van der Waals surface area contributed by atoms with Crippen molar-refractivity contribution in [3.05, 3.63) is 59.7 Å². The summed E-state index contributed by atoms with van der Waals surface area (Å²) in [6.45, 7) is 6.50. The van der Waals surface area contributed by atoms with Gasteiger partial charge in [-0.1, -0.05) is 12.1 Å². The summed E-state index contributed by atoms with van der Waals surface area (Å²) < 4.78 is 15.5. The normalized spacial score (nSPS) is 20.4. The lowest BCUT2D eigenvalue weighted by atomic mass is 9.89. The van der Waals surface area contributed by atoms with Crippen LogP contribution in [0.5, 0.6) is 0 Å². The van der Waals surface area contributed by atoms with E-state index in [0.29, 0.717) is 11.1 Å². The lowest BCUT2D eigenvalue weighted by Gasteiger charge is -2.21. The molecule has 0 spiro atoms. The van der Waals surface area contributed by atoms with Crippen LogP contribution in [0.3, 0.4) is 0 Å². The minimum Gasteiger partial charge on any atom is -0.481 e. The minimum absolute atomic E-state index is 0.121. The third-order valence-corrected chi connectivity index (χ3v) is 4.92. The molecular formula is C20H23FN2O3. The maximum absolute atomic E-state index is 13.6. The Kier molecular flexibility index (Phi) is 4.61. The van der Waals surface area contributed by atoms with E-state index in [1.807, 2.05) is 31.5 Å². The van der Waals surface area contributed by atoms with Crippen LogP contribution in [0.25, 0.3) is 0 Å². The summed E-state index contributed by atoms with van der Waals surface area (Å²) in [5.41, 5.74) is 1.00. The van der Waals surface area contributed by atoms with Gasteiger partial charge in [0.15, 0.2) is 0 Å². The molecule has 3 rings (SSSR count). The average molecular weight is 358 g/mol. The summed E-state index contributed by atoms with van der Waals surface area (Å²) in [5, 5.41) is 9.56. The highest BCUT2D eigenvalue weighted by Crippen LogP contribution is 2.34. The summed E-state index contributed by atoms with van der Waals surface area (Å²) >= 11 is 0. The summed E-state index contributed by atoms with van der Waals surface area (Å²) in [5.74, 6) is -2.74. The van der Waals surface area contributed by atoms with Gasteiger partial charge in [-0.25, -0.2) is 4.39 Å². The van der Waals surface area contributed by atoms with Crippen LogP contribution in [0, 0.1) is 11.7 Å². The van der Waals surface area contributed by atoms with Gasteiger partial charge < -0.3 is 14.6 Å². The highest BCUT2D eigenvalue weighted by molar-refractivity contribution is 5.95. The molecule has 1 fully saturated rings. The van der Waals surface area contributed by atoms with Crippen molar-refractivity contribution in [2.24, 2.45) is 5.92 Å². The fourth-order valence-electron chi connectivity index (χ4n) is 3.42. The molecule has 1 aromatic carbocycles. The van der Waals surface area contributed by atoms with Crippen molar-refractivity contribution in [2.75, 3.05) is 13.1 Å². The molecule has 2 heterocycles. The number of benzene rings is 1. The number of carbonyl (C=O) groups excluding carboxylic acids is 1. The Balaban J connectivity index is 1.84. The van der Waals surface area contributed by atoms with E-state index in [9.17, 15) is 19.1 Å². The van der Waals surface area contributed by atoms with Crippen LogP contribution in [-0.2, 0) is 10.3 Å². The molecule has 0 bridgehead atoms. The zero-order chi connectivity index (χ0) is 19.1. The van der Waals surface area contributed by atoms with E-state index in [2.05, 4.69) is 0 Å². The van der Waals surface area contributed by atoms with Crippen molar-refractivity contribution < 1.29 is 19.1 Å². The van der Waals surface area contributed by atoms with E-state index in [1.165, 1.54) is 12.1 Å². The number of rotatable bonds is 3. The van der Waals surface area contributed by atoms with Crippen LogP contribution in [0.1, 0.15) is 42.6 Å². The number of carboxylic acid groups (broad SMARTS) is 1. The fraction of sp³-hybridized carbons (Fsp3) is 0.400. The van der Waals surface area contributed by atoms with Gasteiger partial charge in [0.05, 0.1) is 11.5 Å². The van der Waals surface area contributed by atoms with Gasteiger partial charge in [0, 0.05) is 36.9 Å². The Hall–Kier alpha value is -2.63. The molecule has 1 aliphatic heterocycles. The summed E-state index contributed by atoms with van der Waals surface area (Å²) in [6, 6.07) is 7.71. The van der Waals surface area contributed by atoms with Gasteiger partial charge in [-0.15, -0.1) is 0 Å². The highest BCUT2D eigenvalue weighted by Gasteiger charge is 2.41. The molecule has 6 heteroatoms. The summed E-state index contributed by atoms with van der Waals surface area (Å²) in [4.78, 5) is 26.1. The van der Waals surface area contributed by atoms with Gasteiger partial charge in [0.2, 0.25) is 0 Å². The van der Waals surface area contributed by atoms with E-state index >= 15 is 0 Å². The molecule has 1 N–H and O–H groups in total. The van der Waals surface area contributed by atoms with E-state index in [4.69, 9.17) is 0 Å². The van der Waals surface area contributed by atoms with Crippen molar-refractivity contribution in [3.63, 3.8) is 0 Å². The van der Waals surface area contributed by atoms with Crippen LogP contribution in [0.15, 0.2) is 42.7 Å². The zero-order valence-corrected chi connectivity index (χ0v) is 15.1. The lowest BCUT2D eigenvalue weighted by molar-refractivity contribution is -0.141. The van der Waals surface area contributed by atoms with Crippen LogP contribution in [-0.4, -0.2) is 39.5 Å². The number of amides is 1. The Morgan fingerprint density at radius 1 is 1.19 bits per heavy atom. The molecule has 138 valence electrons. The topological polar surface area (TPSA) is 62.5 Å².